The lowest BCUT2D eigenvalue weighted by molar-refractivity contribution is -0.141. The molecule has 1 heterocycles. The van der Waals surface area contributed by atoms with Crippen LogP contribution in [0.5, 0.6) is 0 Å². The summed E-state index contributed by atoms with van der Waals surface area (Å²) in [5, 5.41) is 8.63. The van der Waals surface area contributed by atoms with Gasteiger partial charge in [0.15, 0.2) is 0 Å². The average molecular weight is 215 g/mol. The lowest BCUT2D eigenvalue weighted by atomic mass is 10.1. The van der Waals surface area contributed by atoms with Crippen molar-refractivity contribution >= 4 is 11.9 Å². The van der Waals surface area contributed by atoms with Gasteiger partial charge in [0.05, 0.1) is 0 Å². The normalized spacial score (nSPS) is 22.8. The van der Waals surface area contributed by atoms with E-state index in [0.29, 0.717) is 13.1 Å². The van der Waals surface area contributed by atoms with E-state index in [0.717, 1.165) is 6.42 Å². The van der Waals surface area contributed by atoms with E-state index in [1.807, 2.05) is 0 Å². The summed E-state index contributed by atoms with van der Waals surface area (Å²) in [5.41, 5.74) is 0. The van der Waals surface area contributed by atoms with E-state index in [4.69, 9.17) is 9.84 Å². The summed E-state index contributed by atoms with van der Waals surface area (Å²) in [4.78, 5) is 23.8. The molecule has 0 saturated carbocycles. The summed E-state index contributed by atoms with van der Waals surface area (Å²) < 4.78 is 4.93. The minimum atomic E-state index is -0.797. The Morgan fingerprint density at radius 1 is 1.60 bits per heavy atom. The van der Waals surface area contributed by atoms with Gasteiger partial charge in [-0.3, -0.25) is 9.59 Å². The molecule has 2 atom stereocenters. The number of carboxylic acids is 1. The number of aliphatic carboxylic acids is 1. The Balaban J connectivity index is 2.42. The minimum absolute atomic E-state index is 0.0506. The number of carboxylic acid groups (broad SMARTS) is 1. The summed E-state index contributed by atoms with van der Waals surface area (Å²) >= 11 is 0. The van der Waals surface area contributed by atoms with Crippen LogP contribution in [0.15, 0.2) is 0 Å². The smallest absolute Gasteiger partial charge is 0.303 e. The molecular weight excluding hydrogens is 198 g/mol. The zero-order valence-corrected chi connectivity index (χ0v) is 9.10. The Hall–Kier alpha value is -1.10. The quantitative estimate of drug-likeness (QED) is 0.734. The third-order valence-electron chi connectivity index (χ3n) is 2.76. The van der Waals surface area contributed by atoms with Crippen LogP contribution < -0.4 is 0 Å². The molecule has 1 N–H and O–H groups in total. The molecule has 1 saturated heterocycles. The zero-order valence-electron chi connectivity index (χ0n) is 9.10. The van der Waals surface area contributed by atoms with Crippen molar-refractivity contribution in [1.29, 1.82) is 0 Å². The van der Waals surface area contributed by atoms with Crippen molar-refractivity contribution in [1.82, 2.24) is 4.90 Å². The molecule has 0 aromatic carbocycles. The van der Waals surface area contributed by atoms with Crippen LogP contribution in [0, 0.1) is 5.92 Å². The standard InChI is InChI=1S/C10H17NO4/c1-7(15-2)10(14)11-4-3-8(6-11)5-9(12)13/h7-8H,3-6H2,1-2H3,(H,12,13). The van der Waals surface area contributed by atoms with Crippen molar-refractivity contribution in [3.63, 3.8) is 0 Å². The second-order valence-corrected chi connectivity index (χ2v) is 3.91. The molecule has 2 unspecified atom stereocenters. The van der Waals surface area contributed by atoms with Crippen LogP contribution in [0.1, 0.15) is 19.8 Å². The SMILES string of the molecule is COC(C)C(=O)N1CCC(CC(=O)O)C1. The number of likely N-dealkylation sites (tertiary alicyclic amines) is 1. The second kappa shape index (κ2) is 5.11. The maximum Gasteiger partial charge on any atom is 0.303 e. The molecule has 1 aliphatic rings. The summed E-state index contributed by atoms with van der Waals surface area (Å²) in [6.07, 6.45) is 0.480. The van der Waals surface area contributed by atoms with Crippen molar-refractivity contribution in [2.45, 2.75) is 25.9 Å². The largest absolute Gasteiger partial charge is 0.481 e. The van der Waals surface area contributed by atoms with Gasteiger partial charge in [-0.25, -0.2) is 0 Å². The van der Waals surface area contributed by atoms with Crippen LogP contribution in [0.3, 0.4) is 0 Å². The summed E-state index contributed by atoms with van der Waals surface area (Å²) in [5.74, 6) is -0.755. The highest BCUT2D eigenvalue weighted by molar-refractivity contribution is 5.80. The monoisotopic (exact) mass is 215 g/mol. The second-order valence-electron chi connectivity index (χ2n) is 3.91. The first-order chi connectivity index (χ1) is 7.04. The van der Waals surface area contributed by atoms with Gasteiger partial charge in [0, 0.05) is 26.6 Å². The minimum Gasteiger partial charge on any atom is -0.481 e. The van der Waals surface area contributed by atoms with E-state index in [2.05, 4.69) is 0 Å². The molecule has 0 aromatic heterocycles. The van der Waals surface area contributed by atoms with E-state index < -0.39 is 12.1 Å². The van der Waals surface area contributed by atoms with Gasteiger partial charge in [-0.15, -0.1) is 0 Å². The lowest BCUT2D eigenvalue weighted by Crippen LogP contribution is -2.37. The molecule has 0 aromatic rings. The molecule has 0 spiro atoms. The third-order valence-corrected chi connectivity index (χ3v) is 2.76. The number of carbonyl (C=O) groups is 2. The Bertz CT molecular complexity index is 254. The number of hydrogen-bond donors (Lipinski definition) is 1. The van der Waals surface area contributed by atoms with Crippen LogP contribution in [-0.4, -0.2) is 48.2 Å². The Morgan fingerprint density at radius 3 is 2.80 bits per heavy atom. The fourth-order valence-corrected chi connectivity index (χ4v) is 1.80. The van der Waals surface area contributed by atoms with Gasteiger partial charge in [-0.05, 0) is 19.3 Å². The van der Waals surface area contributed by atoms with E-state index in [-0.39, 0.29) is 18.2 Å². The van der Waals surface area contributed by atoms with Gasteiger partial charge in [-0.2, -0.15) is 0 Å². The zero-order chi connectivity index (χ0) is 11.4. The maximum absolute atomic E-state index is 11.7. The predicted molar refractivity (Wildman–Crippen MR) is 53.4 cm³/mol. The molecule has 0 aliphatic carbocycles. The molecule has 15 heavy (non-hydrogen) atoms. The number of ether oxygens (including phenoxy) is 1. The lowest BCUT2D eigenvalue weighted by Gasteiger charge is -2.19. The fraction of sp³-hybridized carbons (Fsp3) is 0.800. The molecule has 86 valence electrons. The first kappa shape index (κ1) is 12.0. The summed E-state index contributed by atoms with van der Waals surface area (Å²) in [7, 11) is 1.49. The van der Waals surface area contributed by atoms with Crippen molar-refractivity contribution < 1.29 is 19.4 Å². The van der Waals surface area contributed by atoms with E-state index in [1.165, 1.54) is 7.11 Å². The highest BCUT2D eigenvalue weighted by atomic mass is 16.5. The average Bonchev–Trinajstić information content (AvgIpc) is 2.63. The number of rotatable bonds is 4. The van der Waals surface area contributed by atoms with Crippen molar-refractivity contribution in [2.24, 2.45) is 5.92 Å². The number of amides is 1. The van der Waals surface area contributed by atoms with Crippen molar-refractivity contribution in [2.75, 3.05) is 20.2 Å². The maximum atomic E-state index is 11.7. The topological polar surface area (TPSA) is 66.8 Å². The number of methoxy groups -OCH3 is 1. The van der Waals surface area contributed by atoms with Crippen LogP contribution in [0.25, 0.3) is 0 Å². The van der Waals surface area contributed by atoms with Gasteiger partial charge < -0.3 is 14.7 Å². The highest BCUT2D eigenvalue weighted by Gasteiger charge is 2.29. The van der Waals surface area contributed by atoms with Gasteiger partial charge in [0.1, 0.15) is 6.10 Å². The molecule has 1 rings (SSSR count). The van der Waals surface area contributed by atoms with Crippen molar-refractivity contribution in [3.8, 4) is 0 Å². The van der Waals surface area contributed by atoms with Crippen molar-refractivity contribution in [3.05, 3.63) is 0 Å². The predicted octanol–water partition coefficient (Wildman–Crippen LogP) is 0.344. The van der Waals surface area contributed by atoms with E-state index in [1.54, 1.807) is 11.8 Å². The molecule has 0 radical (unpaired) electrons. The van der Waals surface area contributed by atoms with E-state index in [9.17, 15) is 9.59 Å². The number of nitrogens with zero attached hydrogens (tertiary/aromatic N) is 1. The summed E-state index contributed by atoms with van der Waals surface area (Å²) in [6, 6.07) is 0. The molecule has 5 nitrogen and oxygen atoms in total. The van der Waals surface area contributed by atoms with Crippen LogP contribution in [0.4, 0.5) is 0 Å². The molecule has 0 bridgehead atoms. The molecule has 1 fully saturated rings. The van der Waals surface area contributed by atoms with Gasteiger partial charge >= 0.3 is 5.97 Å². The van der Waals surface area contributed by atoms with Crippen LogP contribution >= 0.6 is 0 Å². The highest BCUT2D eigenvalue weighted by Crippen LogP contribution is 2.20. The van der Waals surface area contributed by atoms with Crippen LogP contribution in [0.2, 0.25) is 0 Å². The summed E-state index contributed by atoms with van der Waals surface area (Å²) in [6.45, 7) is 2.89. The molecule has 1 aliphatic heterocycles. The Kier molecular flexibility index (Phi) is 4.08. The molecular formula is C10H17NO4. The third kappa shape index (κ3) is 3.20. The number of carbonyl (C=O) groups excluding carboxylic acids is 1. The number of hydrogen-bond acceptors (Lipinski definition) is 3. The van der Waals surface area contributed by atoms with E-state index >= 15 is 0 Å². The fourth-order valence-electron chi connectivity index (χ4n) is 1.80. The first-order valence-corrected chi connectivity index (χ1v) is 5.08. The van der Waals surface area contributed by atoms with Crippen LogP contribution in [-0.2, 0) is 14.3 Å². The molecule has 1 amide bonds. The molecule has 5 heteroatoms. The Labute approximate surface area is 89.0 Å². The Morgan fingerprint density at radius 2 is 2.27 bits per heavy atom. The van der Waals surface area contributed by atoms with Gasteiger partial charge in [0.25, 0.3) is 5.91 Å². The van der Waals surface area contributed by atoms with Gasteiger partial charge in [-0.1, -0.05) is 0 Å². The first-order valence-electron chi connectivity index (χ1n) is 5.08. The van der Waals surface area contributed by atoms with Gasteiger partial charge in [0.2, 0.25) is 0 Å².